The molecule has 0 aliphatic carbocycles. The number of carboxylic acids is 1. The number of benzene rings is 1. The van der Waals surface area contributed by atoms with Gasteiger partial charge in [0.1, 0.15) is 5.82 Å². The molecule has 0 fully saturated rings. The van der Waals surface area contributed by atoms with Gasteiger partial charge < -0.3 is 10.8 Å². The number of aliphatic carboxylic acids is 1. The van der Waals surface area contributed by atoms with Crippen molar-refractivity contribution >= 4 is 17.7 Å². The zero-order valence-electron chi connectivity index (χ0n) is 7.62. The Hall–Kier alpha value is -1.84. The zero-order valence-corrected chi connectivity index (χ0v) is 7.62. The number of hydrogen-bond donors (Lipinski definition) is 2. The SMILES string of the molecule is Cc1cc(C=CC(=O)O)c(F)cc1N. The van der Waals surface area contributed by atoms with E-state index in [2.05, 4.69) is 0 Å². The predicted molar refractivity (Wildman–Crippen MR) is 52.2 cm³/mol. The van der Waals surface area contributed by atoms with E-state index in [-0.39, 0.29) is 5.56 Å². The minimum atomic E-state index is -1.11. The fourth-order valence-electron chi connectivity index (χ4n) is 1.01. The first-order valence-corrected chi connectivity index (χ1v) is 3.97. The largest absolute Gasteiger partial charge is 0.478 e. The standard InChI is InChI=1S/C10H10FNO2/c1-6-4-7(2-3-10(13)14)8(11)5-9(6)12/h2-5H,12H2,1H3,(H,13,14). The van der Waals surface area contributed by atoms with Crippen molar-refractivity contribution in [2.24, 2.45) is 0 Å². The Kier molecular flexibility index (Phi) is 2.86. The van der Waals surface area contributed by atoms with Crippen LogP contribution in [0.25, 0.3) is 6.08 Å². The van der Waals surface area contributed by atoms with E-state index in [1.54, 1.807) is 6.92 Å². The van der Waals surface area contributed by atoms with Crippen molar-refractivity contribution in [1.82, 2.24) is 0 Å². The van der Waals surface area contributed by atoms with Crippen molar-refractivity contribution in [3.8, 4) is 0 Å². The van der Waals surface area contributed by atoms with Gasteiger partial charge in [0, 0.05) is 17.3 Å². The molecule has 0 aliphatic heterocycles. The van der Waals surface area contributed by atoms with Crippen LogP contribution in [-0.4, -0.2) is 11.1 Å². The summed E-state index contributed by atoms with van der Waals surface area (Å²) in [7, 11) is 0. The Labute approximate surface area is 80.7 Å². The fraction of sp³-hybridized carbons (Fsp3) is 0.100. The average Bonchev–Trinajstić information content (AvgIpc) is 2.09. The van der Waals surface area contributed by atoms with E-state index in [1.165, 1.54) is 18.2 Å². The molecule has 0 spiro atoms. The highest BCUT2D eigenvalue weighted by atomic mass is 19.1. The topological polar surface area (TPSA) is 63.3 Å². The lowest BCUT2D eigenvalue weighted by atomic mass is 10.1. The number of nitrogens with two attached hydrogens (primary N) is 1. The molecule has 3 N–H and O–H groups in total. The van der Waals surface area contributed by atoms with Crippen LogP contribution in [0.15, 0.2) is 18.2 Å². The summed E-state index contributed by atoms with van der Waals surface area (Å²) in [6, 6.07) is 2.68. The van der Waals surface area contributed by atoms with Crippen LogP contribution in [0.2, 0.25) is 0 Å². The van der Waals surface area contributed by atoms with E-state index in [1.807, 2.05) is 0 Å². The molecule has 0 atom stereocenters. The monoisotopic (exact) mass is 195 g/mol. The van der Waals surface area contributed by atoms with Crippen LogP contribution in [0, 0.1) is 12.7 Å². The van der Waals surface area contributed by atoms with Crippen molar-refractivity contribution in [2.45, 2.75) is 6.92 Å². The Bertz CT molecular complexity index is 399. The third-order valence-electron chi connectivity index (χ3n) is 1.79. The number of hydrogen-bond acceptors (Lipinski definition) is 2. The van der Waals surface area contributed by atoms with E-state index >= 15 is 0 Å². The summed E-state index contributed by atoms with van der Waals surface area (Å²) < 4.78 is 13.2. The number of carboxylic acid groups (broad SMARTS) is 1. The summed E-state index contributed by atoms with van der Waals surface area (Å²) >= 11 is 0. The molecule has 74 valence electrons. The van der Waals surface area contributed by atoms with Crippen LogP contribution >= 0.6 is 0 Å². The zero-order chi connectivity index (χ0) is 10.7. The van der Waals surface area contributed by atoms with E-state index in [9.17, 15) is 9.18 Å². The molecule has 0 saturated carbocycles. The van der Waals surface area contributed by atoms with Crippen LogP contribution in [0.1, 0.15) is 11.1 Å². The number of rotatable bonds is 2. The van der Waals surface area contributed by atoms with Gasteiger partial charge in [-0.3, -0.25) is 0 Å². The molecule has 14 heavy (non-hydrogen) atoms. The summed E-state index contributed by atoms with van der Waals surface area (Å²) in [4.78, 5) is 10.2. The lowest BCUT2D eigenvalue weighted by Gasteiger charge is -2.02. The average molecular weight is 195 g/mol. The number of anilines is 1. The molecule has 0 radical (unpaired) electrons. The van der Waals surface area contributed by atoms with Gasteiger partial charge in [-0.2, -0.15) is 0 Å². The minimum Gasteiger partial charge on any atom is -0.478 e. The van der Waals surface area contributed by atoms with Gasteiger partial charge in [-0.25, -0.2) is 9.18 Å². The number of carbonyl (C=O) groups is 1. The summed E-state index contributed by atoms with van der Waals surface area (Å²) in [6.45, 7) is 1.73. The molecule has 0 unspecified atom stereocenters. The van der Waals surface area contributed by atoms with Gasteiger partial charge in [0.25, 0.3) is 0 Å². The molecule has 1 aromatic rings. The lowest BCUT2D eigenvalue weighted by molar-refractivity contribution is -0.131. The molecule has 0 amide bonds. The molecule has 0 aliphatic rings. The van der Waals surface area contributed by atoms with Crippen LogP contribution in [0.3, 0.4) is 0 Å². The summed E-state index contributed by atoms with van der Waals surface area (Å²) in [5.74, 6) is -1.63. The third kappa shape index (κ3) is 2.32. The lowest BCUT2D eigenvalue weighted by Crippen LogP contribution is -1.94. The first kappa shape index (κ1) is 10.2. The molecular formula is C10H10FNO2. The Balaban J connectivity index is 3.10. The second kappa shape index (κ2) is 3.91. The van der Waals surface area contributed by atoms with Gasteiger partial charge in [0.05, 0.1) is 0 Å². The maximum absolute atomic E-state index is 13.2. The Morgan fingerprint density at radius 1 is 1.57 bits per heavy atom. The number of halogens is 1. The Morgan fingerprint density at radius 3 is 2.79 bits per heavy atom. The highest BCUT2D eigenvalue weighted by molar-refractivity contribution is 5.85. The quantitative estimate of drug-likeness (QED) is 0.558. The van der Waals surface area contributed by atoms with Gasteiger partial charge in [-0.05, 0) is 30.7 Å². The highest BCUT2D eigenvalue weighted by Crippen LogP contribution is 2.18. The van der Waals surface area contributed by atoms with E-state index < -0.39 is 11.8 Å². The van der Waals surface area contributed by atoms with Crippen LogP contribution in [0.5, 0.6) is 0 Å². The summed E-state index contributed by atoms with van der Waals surface area (Å²) in [6.07, 6.45) is 2.08. The highest BCUT2D eigenvalue weighted by Gasteiger charge is 2.02. The van der Waals surface area contributed by atoms with Crippen molar-refractivity contribution in [3.63, 3.8) is 0 Å². The molecule has 1 aromatic carbocycles. The second-order valence-corrected chi connectivity index (χ2v) is 2.90. The smallest absolute Gasteiger partial charge is 0.328 e. The maximum Gasteiger partial charge on any atom is 0.328 e. The molecule has 0 saturated heterocycles. The van der Waals surface area contributed by atoms with Crippen LogP contribution in [-0.2, 0) is 4.79 Å². The molecule has 0 bridgehead atoms. The van der Waals surface area contributed by atoms with Gasteiger partial charge in [0.15, 0.2) is 0 Å². The minimum absolute atomic E-state index is 0.221. The van der Waals surface area contributed by atoms with E-state index in [4.69, 9.17) is 10.8 Å². The van der Waals surface area contributed by atoms with Crippen molar-refractivity contribution < 1.29 is 14.3 Å². The number of aryl methyl sites for hydroxylation is 1. The molecular weight excluding hydrogens is 185 g/mol. The molecule has 1 rings (SSSR count). The fourth-order valence-corrected chi connectivity index (χ4v) is 1.01. The number of nitrogen functional groups attached to an aromatic ring is 1. The van der Waals surface area contributed by atoms with E-state index in [0.29, 0.717) is 5.69 Å². The first-order valence-electron chi connectivity index (χ1n) is 3.97. The summed E-state index contributed by atoms with van der Waals surface area (Å²) in [5, 5.41) is 8.36. The first-order chi connectivity index (χ1) is 6.50. The molecule has 0 aromatic heterocycles. The van der Waals surface area contributed by atoms with Crippen molar-refractivity contribution in [3.05, 3.63) is 35.2 Å². The second-order valence-electron chi connectivity index (χ2n) is 2.90. The molecule has 0 heterocycles. The van der Waals surface area contributed by atoms with Gasteiger partial charge in [0.2, 0.25) is 0 Å². The van der Waals surface area contributed by atoms with Crippen LogP contribution in [0.4, 0.5) is 10.1 Å². The van der Waals surface area contributed by atoms with Gasteiger partial charge in [-0.1, -0.05) is 0 Å². The normalized spacial score (nSPS) is 10.7. The van der Waals surface area contributed by atoms with Crippen molar-refractivity contribution in [2.75, 3.05) is 5.73 Å². The molecule has 3 nitrogen and oxygen atoms in total. The Morgan fingerprint density at radius 2 is 2.21 bits per heavy atom. The van der Waals surface area contributed by atoms with Crippen molar-refractivity contribution in [1.29, 1.82) is 0 Å². The summed E-state index contributed by atoms with van der Waals surface area (Å²) in [5.41, 5.74) is 6.76. The predicted octanol–water partition coefficient (Wildman–Crippen LogP) is 1.81. The third-order valence-corrected chi connectivity index (χ3v) is 1.79. The maximum atomic E-state index is 13.2. The van der Waals surface area contributed by atoms with Gasteiger partial charge >= 0.3 is 5.97 Å². The molecule has 4 heteroatoms. The van der Waals surface area contributed by atoms with Crippen LogP contribution < -0.4 is 5.73 Å². The van der Waals surface area contributed by atoms with Gasteiger partial charge in [-0.15, -0.1) is 0 Å². The van der Waals surface area contributed by atoms with E-state index in [0.717, 1.165) is 11.6 Å².